The molecule has 0 spiro atoms. The molecule has 6 nitrogen and oxygen atoms in total. The summed E-state index contributed by atoms with van der Waals surface area (Å²) in [6.07, 6.45) is 2.05. The Morgan fingerprint density at radius 2 is 1.41 bits per heavy atom. The van der Waals surface area contributed by atoms with Crippen molar-refractivity contribution in [2.24, 2.45) is 17.8 Å². The van der Waals surface area contributed by atoms with Crippen LogP contribution in [-0.4, -0.2) is 40.1 Å². The molecule has 1 saturated heterocycles. The molecule has 3 atom stereocenters. The maximum Gasteiger partial charge on any atom is 0.273 e. The summed E-state index contributed by atoms with van der Waals surface area (Å²) in [7, 11) is 0. The Morgan fingerprint density at radius 1 is 0.875 bits per heavy atom. The monoisotopic (exact) mass is 472 g/mol. The highest BCUT2D eigenvalue weighted by atomic mass is 35.5. The van der Waals surface area contributed by atoms with Crippen molar-refractivity contribution in [3.63, 3.8) is 0 Å². The molecular weight excluding hydrogens is 451 g/mol. The van der Waals surface area contributed by atoms with Gasteiger partial charge in [-0.2, -0.15) is 5.01 Å². The molecule has 2 aromatic rings. The topological polar surface area (TPSA) is 74.8 Å². The number of ketones is 1. The lowest BCUT2D eigenvalue weighted by Crippen LogP contribution is -2.52. The molecule has 1 aliphatic heterocycles. The zero-order valence-electron chi connectivity index (χ0n) is 17.5. The molecular formula is C24H22Cl2N2O4. The van der Waals surface area contributed by atoms with Gasteiger partial charge in [-0.1, -0.05) is 30.1 Å². The van der Waals surface area contributed by atoms with Crippen LogP contribution < -0.4 is 0 Å². The van der Waals surface area contributed by atoms with Gasteiger partial charge in [-0.3, -0.25) is 19.2 Å². The minimum absolute atomic E-state index is 0.224. The summed E-state index contributed by atoms with van der Waals surface area (Å²) in [5.41, 5.74) is 0.551. The Balaban J connectivity index is 1.68. The fraction of sp³-hybridized carbons (Fsp3) is 0.333. The van der Waals surface area contributed by atoms with Gasteiger partial charge in [-0.05, 0) is 73.7 Å². The minimum atomic E-state index is -0.614. The van der Waals surface area contributed by atoms with Gasteiger partial charge < -0.3 is 0 Å². The van der Waals surface area contributed by atoms with Crippen LogP contribution in [-0.2, 0) is 9.59 Å². The van der Waals surface area contributed by atoms with Gasteiger partial charge in [-0.25, -0.2) is 5.01 Å². The number of Topliss-reactive ketones (excluding diaryl/α,β-unsaturated/α-hetero) is 1. The van der Waals surface area contributed by atoms with E-state index in [1.807, 2.05) is 0 Å². The van der Waals surface area contributed by atoms with Gasteiger partial charge in [0.05, 0.1) is 11.8 Å². The third-order valence-electron chi connectivity index (χ3n) is 6.19. The minimum Gasteiger partial charge on any atom is -0.292 e. The summed E-state index contributed by atoms with van der Waals surface area (Å²) in [5.74, 6) is -2.45. The number of carbonyl (C=O) groups excluding carboxylic acids is 4. The third-order valence-corrected chi connectivity index (χ3v) is 6.69. The lowest BCUT2D eigenvalue weighted by molar-refractivity contribution is -0.154. The number of rotatable bonds is 5. The van der Waals surface area contributed by atoms with E-state index in [0.29, 0.717) is 34.4 Å². The van der Waals surface area contributed by atoms with E-state index in [2.05, 4.69) is 6.92 Å². The summed E-state index contributed by atoms with van der Waals surface area (Å²) in [6, 6.07) is 12.3. The Morgan fingerprint density at radius 3 is 2.00 bits per heavy atom. The second-order valence-electron chi connectivity index (χ2n) is 8.42. The SMILES string of the molecule is C[C@@H]1CC[C@@H]2C(=O)N(N(CC(=O)c3ccc(Cl)cc3)C(=O)c3ccc(Cl)cc3)C(=O)[C@H]2C1. The number of benzene rings is 2. The fourth-order valence-electron chi connectivity index (χ4n) is 4.45. The van der Waals surface area contributed by atoms with Gasteiger partial charge in [0.15, 0.2) is 5.78 Å². The van der Waals surface area contributed by atoms with E-state index in [1.165, 1.54) is 12.1 Å². The van der Waals surface area contributed by atoms with Crippen LogP contribution in [0.15, 0.2) is 48.5 Å². The van der Waals surface area contributed by atoms with Crippen molar-refractivity contribution in [1.29, 1.82) is 0 Å². The molecule has 2 aromatic carbocycles. The number of carbonyl (C=O) groups is 4. The van der Waals surface area contributed by atoms with Crippen LogP contribution in [0.25, 0.3) is 0 Å². The predicted molar refractivity (Wildman–Crippen MR) is 120 cm³/mol. The van der Waals surface area contributed by atoms with Gasteiger partial charge in [0.25, 0.3) is 17.7 Å². The molecule has 4 rings (SSSR count). The van der Waals surface area contributed by atoms with Crippen molar-refractivity contribution >= 4 is 46.7 Å². The third kappa shape index (κ3) is 4.30. The molecule has 1 heterocycles. The molecule has 1 aliphatic carbocycles. The van der Waals surface area contributed by atoms with Crippen LogP contribution in [0.2, 0.25) is 10.0 Å². The fourth-order valence-corrected chi connectivity index (χ4v) is 4.70. The first kappa shape index (κ1) is 22.5. The van der Waals surface area contributed by atoms with Crippen molar-refractivity contribution in [2.75, 3.05) is 6.54 Å². The van der Waals surface area contributed by atoms with Gasteiger partial charge in [0.2, 0.25) is 0 Å². The Labute approximate surface area is 196 Å². The van der Waals surface area contributed by atoms with E-state index >= 15 is 0 Å². The molecule has 8 heteroatoms. The molecule has 0 N–H and O–H groups in total. The van der Waals surface area contributed by atoms with Crippen molar-refractivity contribution < 1.29 is 19.2 Å². The number of fused-ring (bicyclic) bond motifs is 1. The number of hydrogen-bond donors (Lipinski definition) is 0. The smallest absolute Gasteiger partial charge is 0.273 e. The normalized spacial score (nSPS) is 22.6. The molecule has 0 unspecified atom stereocenters. The molecule has 0 aromatic heterocycles. The Hall–Kier alpha value is -2.70. The summed E-state index contributed by atoms with van der Waals surface area (Å²) >= 11 is 11.8. The maximum absolute atomic E-state index is 13.4. The summed E-state index contributed by atoms with van der Waals surface area (Å²) < 4.78 is 0. The van der Waals surface area contributed by atoms with Crippen LogP contribution in [0, 0.1) is 17.8 Å². The van der Waals surface area contributed by atoms with E-state index in [0.717, 1.165) is 16.4 Å². The number of hydrazine groups is 1. The molecule has 32 heavy (non-hydrogen) atoms. The number of nitrogens with zero attached hydrogens (tertiary/aromatic N) is 2. The number of imide groups is 1. The Kier molecular flexibility index (Phi) is 6.35. The summed E-state index contributed by atoms with van der Waals surface area (Å²) in [6.45, 7) is 1.60. The number of hydrogen-bond acceptors (Lipinski definition) is 4. The quantitative estimate of drug-likeness (QED) is 0.468. The van der Waals surface area contributed by atoms with Gasteiger partial charge >= 0.3 is 0 Å². The van der Waals surface area contributed by atoms with Crippen LogP contribution in [0.5, 0.6) is 0 Å². The maximum atomic E-state index is 13.4. The Bertz CT molecular complexity index is 1070. The largest absolute Gasteiger partial charge is 0.292 e. The molecule has 1 saturated carbocycles. The zero-order valence-corrected chi connectivity index (χ0v) is 19.0. The zero-order chi connectivity index (χ0) is 23.0. The lowest BCUT2D eigenvalue weighted by atomic mass is 9.76. The van der Waals surface area contributed by atoms with E-state index in [1.54, 1.807) is 36.4 Å². The second kappa shape index (κ2) is 9.04. The van der Waals surface area contributed by atoms with Crippen LogP contribution in [0.1, 0.15) is 46.9 Å². The number of halogens is 2. The van der Waals surface area contributed by atoms with Gasteiger partial charge in [0.1, 0.15) is 6.54 Å². The molecule has 0 radical (unpaired) electrons. The highest BCUT2D eigenvalue weighted by Crippen LogP contribution is 2.41. The average Bonchev–Trinajstić information content (AvgIpc) is 3.02. The van der Waals surface area contributed by atoms with E-state index in [4.69, 9.17) is 23.2 Å². The van der Waals surface area contributed by atoms with E-state index in [-0.39, 0.29) is 5.56 Å². The first-order valence-corrected chi connectivity index (χ1v) is 11.3. The summed E-state index contributed by atoms with van der Waals surface area (Å²) in [4.78, 5) is 52.8. The van der Waals surface area contributed by atoms with Gasteiger partial charge in [-0.15, -0.1) is 0 Å². The molecule has 2 aliphatic rings. The van der Waals surface area contributed by atoms with Crippen LogP contribution in [0.4, 0.5) is 0 Å². The standard InChI is InChI=1S/C24H22Cl2N2O4/c1-14-2-11-19-20(12-14)24(32)28(23(19)31)27(22(30)16-5-9-18(26)10-6-16)13-21(29)15-3-7-17(25)8-4-15/h3-10,14,19-20H,2,11-13H2,1H3/t14-,19+,20+/m1/s1. The molecule has 3 amide bonds. The average molecular weight is 473 g/mol. The molecule has 2 fully saturated rings. The first-order valence-electron chi connectivity index (χ1n) is 10.5. The first-order chi connectivity index (χ1) is 15.3. The molecule has 166 valence electrons. The van der Waals surface area contributed by atoms with E-state index in [9.17, 15) is 19.2 Å². The van der Waals surface area contributed by atoms with E-state index < -0.39 is 41.9 Å². The van der Waals surface area contributed by atoms with Crippen LogP contribution in [0.3, 0.4) is 0 Å². The highest BCUT2D eigenvalue weighted by molar-refractivity contribution is 6.31. The number of amides is 3. The van der Waals surface area contributed by atoms with Crippen molar-refractivity contribution in [3.8, 4) is 0 Å². The van der Waals surface area contributed by atoms with Crippen molar-refractivity contribution in [1.82, 2.24) is 10.0 Å². The second-order valence-corrected chi connectivity index (χ2v) is 9.29. The van der Waals surface area contributed by atoms with Crippen LogP contribution >= 0.6 is 23.2 Å². The van der Waals surface area contributed by atoms with Crippen molar-refractivity contribution in [3.05, 3.63) is 69.7 Å². The van der Waals surface area contributed by atoms with Crippen molar-refractivity contribution in [2.45, 2.75) is 26.2 Å². The van der Waals surface area contributed by atoms with Gasteiger partial charge in [0, 0.05) is 21.2 Å². The predicted octanol–water partition coefficient (Wildman–Crippen LogP) is 4.65. The highest BCUT2D eigenvalue weighted by Gasteiger charge is 2.52. The summed E-state index contributed by atoms with van der Waals surface area (Å²) in [5, 5.41) is 2.80. The lowest BCUT2D eigenvalue weighted by Gasteiger charge is -2.30. The molecule has 0 bridgehead atoms.